The molecule has 0 radical (unpaired) electrons. The van der Waals surface area contributed by atoms with Crippen LogP contribution >= 0.6 is 38.5 Å². The van der Waals surface area contributed by atoms with Gasteiger partial charge in [0.15, 0.2) is 0 Å². The third kappa shape index (κ3) is 4.45. The molecule has 8 heteroatoms. The number of nitro groups is 1. The fourth-order valence-electron chi connectivity index (χ4n) is 3.22. The number of aromatic nitrogens is 2. The van der Waals surface area contributed by atoms with Crippen molar-refractivity contribution in [3.63, 3.8) is 0 Å². The highest BCUT2D eigenvalue weighted by molar-refractivity contribution is 14.1. The molecule has 4 aromatic rings. The highest BCUT2D eigenvalue weighted by Crippen LogP contribution is 2.23. The molecule has 0 atom stereocenters. The molecule has 3 aromatic carbocycles. The number of hydrogen-bond acceptors (Lipinski definition) is 4. The molecule has 0 amide bonds. The van der Waals surface area contributed by atoms with Gasteiger partial charge >= 0.3 is 0 Å². The Labute approximate surface area is 199 Å². The van der Waals surface area contributed by atoms with Crippen molar-refractivity contribution >= 4 is 67.3 Å². The summed E-state index contributed by atoms with van der Waals surface area (Å²) in [7, 11) is 0. The SMILES string of the molecule is Cc1ccc([N+](=O)[O-])cc1-n1c(C=Cc2ccc(Br)cc2)nc2ccc(I)cc2c1=O. The van der Waals surface area contributed by atoms with E-state index in [2.05, 4.69) is 38.5 Å². The van der Waals surface area contributed by atoms with Crippen LogP contribution in [0.5, 0.6) is 0 Å². The summed E-state index contributed by atoms with van der Waals surface area (Å²) >= 11 is 5.56. The molecule has 0 saturated heterocycles. The first-order valence-corrected chi connectivity index (χ1v) is 11.1. The highest BCUT2D eigenvalue weighted by Gasteiger charge is 2.16. The maximum atomic E-state index is 13.5. The average Bonchev–Trinajstić information content (AvgIpc) is 2.74. The minimum absolute atomic E-state index is 0.0851. The van der Waals surface area contributed by atoms with E-state index in [9.17, 15) is 14.9 Å². The van der Waals surface area contributed by atoms with Crippen molar-refractivity contribution in [1.29, 1.82) is 0 Å². The quantitative estimate of drug-likeness (QED) is 0.163. The topological polar surface area (TPSA) is 78.0 Å². The number of hydrogen-bond donors (Lipinski definition) is 0. The second kappa shape index (κ2) is 8.72. The van der Waals surface area contributed by atoms with E-state index < -0.39 is 4.92 Å². The van der Waals surface area contributed by atoms with Crippen LogP contribution in [0.15, 0.2) is 69.9 Å². The predicted octanol–water partition coefficient (Wildman–Crippen LogP) is 6.14. The summed E-state index contributed by atoms with van der Waals surface area (Å²) in [5, 5.41) is 11.8. The highest BCUT2D eigenvalue weighted by atomic mass is 127. The van der Waals surface area contributed by atoms with Crippen LogP contribution in [0.25, 0.3) is 28.7 Å². The molecule has 154 valence electrons. The lowest BCUT2D eigenvalue weighted by Crippen LogP contribution is -2.23. The van der Waals surface area contributed by atoms with Gasteiger partial charge in [-0.25, -0.2) is 4.98 Å². The van der Waals surface area contributed by atoms with Gasteiger partial charge in [0.05, 0.1) is 21.5 Å². The molecule has 0 unspecified atom stereocenters. The van der Waals surface area contributed by atoms with Gasteiger partial charge in [-0.3, -0.25) is 19.5 Å². The maximum Gasteiger partial charge on any atom is 0.271 e. The minimum Gasteiger partial charge on any atom is -0.268 e. The molecule has 0 aliphatic carbocycles. The van der Waals surface area contributed by atoms with Crippen molar-refractivity contribution < 1.29 is 4.92 Å². The van der Waals surface area contributed by atoms with Crippen LogP contribution in [0.3, 0.4) is 0 Å². The molecular formula is C23H15BrIN3O3. The van der Waals surface area contributed by atoms with E-state index in [0.717, 1.165) is 19.2 Å². The largest absolute Gasteiger partial charge is 0.271 e. The smallest absolute Gasteiger partial charge is 0.268 e. The number of halogens is 2. The molecule has 1 aromatic heterocycles. The van der Waals surface area contributed by atoms with E-state index >= 15 is 0 Å². The van der Waals surface area contributed by atoms with E-state index in [-0.39, 0.29) is 11.2 Å². The van der Waals surface area contributed by atoms with Crippen molar-refractivity contribution in [2.75, 3.05) is 0 Å². The standard InChI is InChI=1S/C23H15BrIN3O3/c1-14-2-9-18(28(30)31)13-21(14)27-22(11-5-15-3-6-16(24)7-4-15)26-20-10-8-17(25)12-19(20)23(27)29/h2-13H,1H3. The van der Waals surface area contributed by atoms with Crippen LogP contribution in [0.1, 0.15) is 17.0 Å². The summed E-state index contributed by atoms with van der Waals surface area (Å²) in [6.07, 6.45) is 3.61. The summed E-state index contributed by atoms with van der Waals surface area (Å²) in [6, 6.07) is 17.7. The van der Waals surface area contributed by atoms with E-state index in [0.29, 0.717) is 22.4 Å². The van der Waals surface area contributed by atoms with Crippen molar-refractivity contribution in [3.05, 3.63) is 106 Å². The van der Waals surface area contributed by atoms with E-state index in [4.69, 9.17) is 4.98 Å². The molecule has 0 aliphatic heterocycles. The number of nitro benzene ring substituents is 1. The molecule has 6 nitrogen and oxygen atoms in total. The van der Waals surface area contributed by atoms with Gasteiger partial charge in [0.25, 0.3) is 11.2 Å². The molecule has 0 aliphatic rings. The van der Waals surface area contributed by atoms with Gasteiger partial charge in [-0.15, -0.1) is 0 Å². The molecule has 0 saturated carbocycles. The van der Waals surface area contributed by atoms with Gasteiger partial charge in [-0.1, -0.05) is 40.2 Å². The molecule has 31 heavy (non-hydrogen) atoms. The van der Waals surface area contributed by atoms with Gasteiger partial charge in [0.2, 0.25) is 0 Å². The second-order valence-electron chi connectivity index (χ2n) is 6.88. The Balaban J connectivity index is 2.00. The normalized spacial score (nSPS) is 11.3. The first-order chi connectivity index (χ1) is 14.8. The van der Waals surface area contributed by atoms with E-state index in [1.54, 1.807) is 24.3 Å². The van der Waals surface area contributed by atoms with Gasteiger partial charge in [0.1, 0.15) is 5.82 Å². The molecule has 1 heterocycles. The molecular weight excluding hydrogens is 573 g/mol. The Morgan fingerprint density at radius 2 is 1.81 bits per heavy atom. The Bertz CT molecular complexity index is 1410. The Morgan fingerprint density at radius 3 is 2.52 bits per heavy atom. The van der Waals surface area contributed by atoms with Gasteiger partial charge in [-0.05, 0) is 77.0 Å². The van der Waals surface area contributed by atoms with Crippen LogP contribution in [0, 0.1) is 20.6 Å². The van der Waals surface area contributed by atoms with Crippen LogP contribution in [-0.2, 0) is 0 Å². The monoisotopic (exact) mass is 587 g/mol. The minimum atomic E-state index is -0.470. The molecule has 0 N–H and O–H groups in total. The summed E-state index contributed by atoms with van der Waals surface area (Å²) in [5.74, 6) is 0.394. The fourth-order valence-corrected chi connectivity index (χ4v) is 3.97. The third-order valence-electron chi connectivity index (χ3n) is 4.80. The predicted molar refractivity (Wildman–Crippen MR) is 135 cm³/mol. The Kier molecular flexibility index (Phi) is 6.01. The lowest BCUT2D eigenvalue weighted by atomic mass is 10.1. The average molecular weight is 588 g/mol. The van der Waals surface area contributed by atoms with E-state index in [1.165, 1.54) is 16.7 Å². The van der Waals surface area contributed by atoms with Crippen molar-refractivity contribution in [2.24, 2.45) is 0 Å². The zero-order valence-corrected chi connectivity index (χ0v) is 20.0. The van der Waals surface area contributed by atoms with Crippen LogP contribution in [0.4, 0.5) is 5.69 Å². The van der Waals surface area contributed by atoms with Crippen LogP contribution < -0.4 is 5.56 Å². The first kappa shape index (κ1) is 21.4. The number of benzene rings is 3. The van der Waals surface area contributed by atoms with Gasteiger partial charge in [0, 0.05) is 20.2 Å². The lowest BCUT2D eigenvalue weighted by molar-refractivity contribution is -0.384. The lowest BCUT2D eigenvalue weighted by Gasteiger charge is -2.14. The molecule has 0 bridgehead atoms. The van der Waals surface area contributed by atoms with Crippen LogP contribution in [0.2, 0.25) is 0 Å². The number of fused-ring (bicyclic) bond motifs is 1. The third-order valence-corrected chi connectivity index (χ3v) is 6.00. The van der Waals surface area contributed by atoms with Crippen LogP contribution in [-0.4, -0.2) is 14.5 Å². The number of non-ortho nitro benzene ring substituents is 1. The van der Waals surface area contributed by atoms with Gasteiger partial charge < -0.3 is 0 Å². The maximum absolute atomic E-state index is 13.5. The summed E-state index contributed by atoms with van der Waals surface area (Å²) in [5.41, 5.74) is 2.31. The van der Waals surface area contributed by atoms with Crippen molar-refractivity contribution in [1.82, 2.24) is 9.55 Å². The number of rotatable bonds is 4. The number of aryl methyl sites for hydroxylation is 1. The summed E-state index contributed by atoms with van der Waals surface area (Å²) in [4.78, 5) is 29.1. The number of nitrogens with zero attached hydrogens (tertiary/aromatic N) is 3. The van der Waals surface area contributed by atoms with Gasteiger partial charge in [-0.2, -0.15) is 0 Å². The molecule has 0 spiro atoms. The van der Waals surface area contributed by atoms with Crippen molar-refractivity contribution in [3.8, 4) is 5.69 Å². The second-order valence-corrected chi connectivity index (χ2v) is 9.05. The summed E-state index contributed by atoms with van der Waals surface area (Å²) in [6.45, 7) is 1.81. The summed E-state index contributed by atoms with van der Waals surface area (Å²) < 4.78 is 3.31. The zero-order valence-electron chi connectivity index (χ0n) is 16.3. The van der Waals surface area contributed by atoms with Crippen molar-refractivity contribution in [2.45, 2.75) is 6.92 Å². The van der Waals surface area contributed by atoms with E-state index in [1.807, 2.05) is 43.3 Å². The molecule has 4 rings (SSSR count). The molecule has 0 fully saturated rings. The first-order valence-electron chi connectivity index (χ1n) is 9.25. The Morgan fingerprint density at radius 1 is 1.06 bits per heavy atom. The zero-order chi connectivity index (χ0) is 22.1. The fraction of sp³-hybridized carbons (Fsp3) is 0.0435. The Hall–Kier alpha value is -2.85.